The molecule has 6 heteroatoms. The molecular weight excluding hydrogens is 282 g/mol. The number of hydrogen-bond acceptors (Lipinski definition) is 4. The first-order valence-electron chi connectivity index (χ1n) is 6.04. The molecule has 1 aromatic heterocycles. The SMILES string of the molecule is CCc1nnc(NC(=O)CCc2ccc(Cl)cc2)s1. The maximum absolute atomic E-state index is 11.8. The van der Waals surface area contributed by atoms with Crippen LogP contribution in [-0.4, -0.2) is 16.1 Å². The molecule has 100 valence electrons. The number of hydrogen-bond donors (Lipinski definition) is 1. The topological polar surface area (TPSA) is 54.9 Å². The highest BCUT2D eigenvalue weighted by Gasteiger charge is 2.07. The van der Waals surface area contributed by atoms with E-state index >= 15 is 0 Å². The fourth-order valence-corrected chi connectivity index (χ4v) is 2.36. The molecule has 4 nitrogen and oxygen atoms in total. The van der Waals surface area contributed by atoms with E-state index in [1.165, 1.54) is 11.3 Å². The number of nitrogens with zero attached hydrogens (tertiary/aromatic N) is 2. The number of anilines is 1. The normalized spacial score (nSPS) is 10.4. The quantitative estimate of drug-likeness (QED) is 0.920. The summed E-state index contributed by atoms with van der Waals surface area (Å²) in [5.41, 5.74) is 1.09. The van der Waals surface area contributed by atoms with E-state index < -0.39 is 0 Å². The van der Waals surface area contributed by atoms with Crippen molar-refractivity contribution in [3.8, 4) is 0 Å². The minimum atomic E-state index is -0.0475. The van der Waals surface area contributed by atoms with E-state index in [4.69, 9.17) is 11.6 Å². The zero-order valence-corrected chi connectivity index (χ0v) is 12.1. The Kier molecular flexibility index (Phi) is 4.87. The van der Waals surface area contributed by atoms with Crippen LogP contribution in [0.5, 0.6) is 0 Å². The lowest BCUT2D eigenvalue weighted by atomic mass is 10.1. The van der Waals surface area contributed by atoms with Crippen molar-refractivity contribution in [1.29, 1.82) is 0 Å². The Morgan fingerprint density at radius 2 is 2.05 bits per heavy atom. The van der Waals surface area contributed by atoms with Gasteiger partial charge in [-0.05, 0) is 30.5 Å². The van der Waals surface area contributed by atoms with Crippen LogP contribution < -0.4 is 5.32 Å². The van der Waals surface area contributed by atoms with E-state index in [1.807, 2.05) is 31.2 Å². The van der Waals surface area contributed by atoms with Gasteiger partial charge in [0, 0.05) is 11.4 Å². The molecule has 0 aliphatic heterocycles. The molecule has 0 aliphatic carbocycles. The molecule has 19 heavy (non-hydrogen) atoms. The summed E-state index contributed by atoms with van der Waals surface area (Å²) in [5, 5.41) is 12.8. The van der Waals surface area contributed by atoms with Crippen molar-refractivity contribution < 1.29 is 4.79 Å². The molecule has 0 atom stereocenters. The fraction of sp³-hybridized carbons (Fsp3) is 0.308. The maximum Gasteiger partial charge on any atom is 0.226 e. The second-order valence-electron chi connectivity index (χ2n) is 4.03. The van der Waals surface area contributed by atoms with Gasteiger partial charge in [0.2, 0.25) is 11.0 Å². The number of benzene rings is 1. The van der Waals surface area contributed by atoms with E-state index in [-0.39, 0.29) is 5.91 Å². The number of nitrogens with one attached hydrogen (secondary N) is 1. The van der Waals surface area contributed by atoms with Gasteiger partial charge in [0.15, 0.2) is 0 Å². The molecular formula is C13H14ClN3OS. The van der Waals surface area contributed by atoms with Crippen molar-refractivity contribution >= 4 is 34.0 Å². The molecule has 0 unspecified atom stereocenters. The molecule has 1 aromatic carbocycles. The molecule has 0 radical (unpaired) electrons. The first kappa shape index (κ1) is 14.0. The number of aryl methyl sites for hydroxylation is 2. The van der Waals surface area contributed by atoms with Crippen LogP contribution in [0, 0.1) is 0 Å². The van der Waals surface area contributed by atoms with Crippen molar-refractivity contribution in [3.05, 3.63) is 39.9 Å². The molecule has 0 fully saturated rings. The Balaban J connectivity index is 1.82. The van der Waals surface area contributed by atoms with Crippen molar-refractivity contribution in [2.75, 3.05) is 5.32 Å². The Bertz CT molecular complexity index is 553. The monoisotopic (exact) mass is 295 g/mol. The average Bonchev–Trinajstić information content (AvgIpc) is 2.86. The lowest BCUT2D eigenvalue weighted by Gasteiger charge is -2.02. The summed E-state index contributed by atoms with van der Waals surface area (Å²) in [4.78, 5) is 11.8. The highest BCUT2D eigenvalue weighted by molar-refractivity contribution is 7.15. The van der Waals surface area contributed by atoms with E-state index in [0.717, 1.165) is 17.0 Å². The minimum Gasteiger partial charge on any atom is -0.301 e. The summed E-state index contributed by atoms with van der Waals surface area (Å²) in [6, 6.07) is 7.51. The number of carbonyl (C=O) groups excluding carboxylic acids is 1. The van der Waals surface area contributed by atoms with Crippen LogP contribution >= 0.6 is 22.9 Å². The summed E-state index contributed by atoms with van der Waals surface area (Å²) in [7, 11) is 0. The number of aromatic nitrogens is 2. The van der Waals surface area contributed by atoms with Crippen LogP contribution in [0.15, 0.2) is 24.3 Å². The van der Waals surface area contributed by atoms with E-state index in [0.29, 0.717) is 23.0 Å². The molecule has 0 saturated carbocycles. The predicted molar refractivity (Wildman–Crippen MR) is 77.7 cm³/mol. The Hall–Kier alpha value is -1.46. The van der Waals surface area contributed by atoms with Gasteiger partial charge < -0.3 is 5.32 Å². The first-order chi connectivity index (χ1) is 9.17. The van der Waals surface area contributed by atoms with Gasteiger partial charge in [-0.2, -0.15) is 0 Å². The molecule has 0 bridgehead atoms. The molecule has 1 heterocycles. The van der Waals surface area contributed by atoms with Gasteiger partial charge in [-0.25, -0.2) is 0 Å². The molecule has 0 spiro atoms. The zero-order valence-electron chi connectivity index (χ0n) is 10.5. The highest BCUT2D eigenvalue weighted by atomic mass is 35.5. The lowest BCUT2D eigenvalue weighted by Crippen LogP contribution is -2.12. The van der Waals surface area contributed by atoms with Gasteiger partial charge in [0.25, 0.3) is 0 Å². The molecule has 1 N–H and O–H groups in total. The summed E-state index contributed by atoms with van der Waals surface area (Å²) in [6.45, 7) is 2.01. The van der Waals surface area contributed by atoms with Crippen molar-refractivity contribution in [1.82, 2.24) is 10.2 Å². The molecule has 2 aromatic rings. The van der Waals surface area contributed by atoms with Crippen LogP contribution in [0.25, 0.3) is 0 Å². The van der Waals surface area contributed by atoms with Crippen LogP contribution in [0.2, 0.25) is 5.02 Å². The summed E-state index contributed by atoms with van der Waals surface area (Å²) in [5.74, 6) is -0.0475. The van der Waals surface area contributed by atoms with Crippen LogP contribution in [0.4, 0.5) is 5.13 Å². The summed E-state index contributed by atoms with van der Waals surface area (Å²) in [6.07, 6.45) is 1.93. The molecule has 0 aliphatic rings. The largest absolute Gasteiger partial charge is 0.301 e. The van der Waals surface area contributed by atoms with E-state index in [9.17, 15) is 4.79 Å². The molecule has 1 amide bonds. The van der Waals surface area contributed by atoms with Crippen LogP contribution in [0.3, 0.4) is 0 Å². The van der Waals surface area contributed by atoms with Crippen molar-refractivity contribution in [2.45, 2.75) is 26.2 Å². The number of amides is 1. The lowest BCUT2D eigenvalue weighted by molar-refractivity contribution is -0.116. The summed E-state index contributed by atoms with van der Waals surface area (Å²) >= 11 is 7.22. The van der Waals surface area contributed by atoms with E-state index in [2.05, 4.69) is 15.5 Å². The second kappa shape index (κ2) is 6.63. The second-order valence-corrected chi connectivity index (χ2v) is 5.53. The van der Waals surface area contributed by atoms with E-state index in [1.54, 1.807) is 0 Å². The number of rotatable bonds is 5. The highest BCUT2D eigenvalue weighted by Crippen LogP contribution is 2.16. The van der Waals surface area contributed by atoms with Gasteiger partial charge in [0.05, 0.1) is 0 Å². The Labute approximate surface area is 120 Å². The summed E-state index contributed by atoms with van der Waals surface area (Å²) < 4.78 is 0. The standard InChI is InChI=1S/C13H14ClN3OS/c1-2-12-16-17-13(19-12)15-11(18)8-5-9-3-6-10(14)7-4-9/h3-4,6-7H,2,5,8H2,1H3,(H,15,17,18). The third-order valence-corrected chi connectivity index (χ3v) is 3.80. The van der Waals surface area contributed by atoms with Crippen LogP contribution in [0.1, 0.15) is 23.9 Å². The maximum atomic E-state index is 11.8. The first-order valence-corrected chi connectivity index (χ1v) is 7.23. The van der Waals surface area contributed by atoms with Gasteiger partial charge >= 0.3 is 0 Å². The number of carbonyl (C=O) groups is 1. The van der Waals surface area contributed by atoms with Gasteiger partial charge in [-0.1, -0.05) is 42.0 Å². The van der Waals surface area contributed by atoms with Crippen molar-refractivity contribution in [3.63, 3.8) is 0 Å². The third kappa shape index (κ3) is 4.29. The third-order valence-electron chi connectivity index (χ3n) is 2.57. The number of halogens is 1. The predicted octanol–water partition coefficient (Wildman–Crippen LogP) is 3.33. The van der Waals surface area contributed by atoms with Gasteiger partial charge in [-0.15, -0.1) is 10.2 Å². The molecule has 0 saturated heterocycles. The van der Waals surface area contributed by atoms with Crippen molar-refractivity contribution in [2.24, 2.45) is 0 Å². The minimum absolute atomic E-state index is 0.0475. The zero-order chi connectivity index (χ0) is 13.7. The smallest absolute Gasteiger partial charge is 0.226 e. The Morgan fingerprint density at radius 1 is 1.32 bits per heavy atom. The molecule has 2 rings (SSSR count). The average molecular weight is 296 g/mol. The Morgan fingerprint density at radius 3 is 2.68 bits per heavy atom. The van der Waals surface area contributed by atoms with Gasteiger partial charge in [0.1, 0.15) is 5.01 Å². The van der Waals surface area contributed by atoms with Gasteiger partial charge in [-0.3, -0.25) is 4.79 Å². The fourth-order valence-electron chi connectivity index (χ4n) is 1.54. The van der Waals surface area contributed by atoms with Crippen LogP contribution in [-0.2, 0) is 17.6 Å².